The number of rotatable bonds is 2. The summed E-state index contributed by atoms with van der Waals surface area (Å²) in [5.41, 5.74) is 2.04. The minimum Gasteiger partial charge on any atom is -0.217 e. The van der Waals surface area contributed by atoms with Gasteiger partial charge in [-0.2, -0.15) is 11.3 Å². The van der Waals surface area contributed by atoms with Gasteiger partial charge in [-0.25, -0.2) is 15.0 Å². The molecule has 0 spiro atoms. The molecule has 0 fully saturated rings. The number of hydrogen-bond acceptors (Lipinski definition) is 4. The van der Waals surface area contributed by atoms with Crippen LogP contribution in [0.4, 0.5) is 0 Å². The fourth-order valence-corrected chi connectivity index (χ4v) is 2.19. The fourth-order valence-electron chi connectivity index (χ4n) is 1.55. The minimum atomic E-state index is 0.710. The van der Waals surface area contributed by atoms with E-state index in [4.69, 9.17) is 0 Å². The van der Waals surface area contributed by atoms with Crippen LogP contribution in [0, 0.1) is 0 Å². The zero-order valence-electron chi connectivity index (χ0n) is 8.95. The smallest absolute Gasteiger partial charge is 0.164 e. The van der Waals surface area contributed by atoms with Gasteiger partial charge in [-0.15, -0.1) is 0 Å². The summed E-state index contributed by atoms with van der Waals surface area (Å²) in [7, 11) is 0. The molecule has 0 N–H and O–H groups in total. The normalized spacial score (nSPS) is 10.4. The Balaban J connectivity index is 2.06. The molecule has 1 aromatic carbocycles. The topological polar surface area (TPSA) is 38.7 Å². The van der Waals surface area contributed by atoms with E-state index in [-0.39, 0.29) is 0 Å². The molecule has 0 saturated carbocycles. The van der Waals surface area contributed by atoms with Crippen molar-refractivity contribution in [1.82, 2.24) is 15.0 Å². The van der Waals surface area contributed by atoms with Gasteiger partial charge in [0.15, 0.2) is 11.6 Å². The van der Waals surface area contributed by atoms with Crippen molar-refractivity contribution in [3.63, 3.8) is 0 Å². The van der Waals surface area contributed by atoms with Crippen LogP contribution >= 0.6 is 11.3 Å². The van der Waals surface area contributed by atoms with E-state index in [9.17, 15) is 0 Å². The second kappa shape index (κ2) is 4.43. The van der Waals surface area contributed by atoms with Gasteiger partial charge in [0.1, 0.15) is 6.33 Å². The number of nitrogens with zero attached hydrogens (tertiary/aromatic N) is 3. The lowest BCUT2D eigenvalue weighted by atomic mass is 10.2. The van der Waals surface area contributed by atoms with Crippen molar-refractivity contribution in [2.75, 3.05) is 0 Å². The predicted molar refractivity (Wildman–Crippen MR) is 68.6 cm³/mol. The maximum Gasteiger partial charge on any atom is 0.164 e. The van der Waals surface area contributed by atoms with E-state index in [1.807, 2.05) is 47.2 Å². The van der Waals surface area contributed by atoms with Gasteiger partial charge in [0.25, 0.3) is 0 Å². The summed E-state index contributed by atoms with van der Waals surface area (Å²) >= 11 is 1.64. The highest BCUT2D eigenvalue weighted by atomic mass is 32.1. The number of aromatic nitrogens is 3. The molecule has 0 amide bonds. The second-order valence-corrected chi connectivity index (χ2v) is 4.29. The van der Waals surface area contributed by atoms with E-state index < -0.39 is 0 Å². The van der Waals surface area contributed by atoms with Gasteiger partial charge < -0.3 is 0 Å². The first-order valence-corrected chi connectivity index (χ1v) is 6.15. The van der Waals surface area contributed by atoms with E-state index in [0.717, 1.165) is 17.0 Å². The molecule has 82 valence electrons. The highest BCUT2D eigenvalue weighted by molar-refractivity contribution is 7.08. The Morgan fingerprint density at radius 2 is 1.59 bits per heavy atom. The lowest BCUT2D eigenvalue weighted by molar-refractivity contribution is 1.07. The van der Waals surface area contributed by atoms with Gasteiger partial charge in [-0.1, -0.05) is 30.3 Å². The van der Waals surface area contributed by atoms with Crippen molar-refractivity contribution in [1.29, 1.82) is 0 Å². The molecule has 0 aliphatic heterocycles. The average molecular weight is 239 g/mol. The third-order valence-corrected chi connectivity index (χ3v) is 3.07. The van der Waals surface area contributed by atoms with Crippen molar-refractivity contribution in [3.05, 3.63) is 53.5 Å². The van der Waals surface area contributed by atoms with E-state index in [1.165, 1.54) is 0 Å². The quantitative estimate of drug-likeness (QED) is 0.689. The Morgan fingerprint density at radius 3 is 2.29 bits per heavy atom. The van der Waals surface area contributed by atoms with Gasteiger partial charge in [0.2, 0.25) is 0 Å². The van der Waals surface area contributed by atoms with Crippen LogP contribution in [-0.4, -0.2) is 15.0 Å². The largest absolute Gasteiger partial charge is 0.217 e. The second-order valence-electron chi connectivity index (χ2n) is 3.51. The predicted octanol–water partition coefficient (Wildman–Crippen LogP) is 3.27. The first-order chi connectivity index (χ1) is 8.43. The molecular formula is C13H9N3S. The Bertz CT molecular complexity index is 606. The molecule has 3 rings (SSSR count). The van der Waals surface area contributed by atoms with Crippen LogP contribution < -0.4 is 0 Å². The van der Waals surface area contributed by atoms with E-state index >= 15 is 0 Å². The molecule has 0 atom stereocenters. The maximum absolute atomic E-state index is 4.47. The zero-order valence-corrected chi connectivity index (χ0v) is 9.76. The molecule has 0 bridgehead atoms. The Hall–Kier alpha value is -2.07. The summed E-state index contributed by atoms with van der Waals surface area (Å²) in [4.78, 5) is 12.9. The maximum atomic E-state index is 4.47. The van der Waals surface area contributed by atoms with Crippen molar-refractivity contribution < 1.29 is 0 Å². The van der Waals surface area contributed by atoms with Crippen LogP contribution in [0.5, 0.6) is 0 Å². The molecule has 3 nitrogen and oxygen atoms in total. The van der Waals surface area contributed by atoms with Gasteiger partial charge in [-0.05, 0) is 11.4 Å². The van der Waals surface area contributed by atoms with Crippen LogP contribution in [0.25, 0.3) is 22.8 Å². The highest BCUT2D eigenvalue weighted by Crippen LogP contribution is 2.20. The first kappa shape index (κ1) is 10.1. The molecule has 4 heteroatoms. The lowest BCUT2D eigenvalue weighted by Gasteiger charge is -2.01. The van der Waals surface area contributed by atoms with Crippen molar-refractivity contribution >= 4 is 11.3 Å². The Labute approximate surface area is 103 Å². The van der Waals surface area contributed by atoms with Gasteiger partial charge in [0, 0.05) is 16.5 Å². The summed E-state index contributed by atoms with van der Waals surface area (Å²) in [6.07, 6.45) is 1.56. The third-order valence-electron chi connectivity index (χ3n) is 2.38. The van der Waals surface area contributed by atoms with Gasteiger partial charge in [0.05, 0.1) is 0 Å². The van der Waals surface area contributed by atoms with Crippen LogP contribution in [0.3, 0.4) is 0 Å². The van der Waals surface area contributed by atoms with Crippen molar-refractivity contribution in [2.45, 2.75) is 0 Å². The zero-order chi connectivity index (χ0) is 11.5. The van der Waals surface area contributed by atoms with E-state index in [1.54, 1.807) is 17.7 Å². The molecule has 0 radical (unpaired) electrons. The summed E-state index contributed by atoms with van der Waals surface area (Å²) in [6.45, 7) is 0. The SMILES string of the molecule is c1ccc(-c2ncnc(-c3ccsc3)n2)cc1. The minimum absolute atomic E-state index is 0.710. The van der Waals surface area contributed by atoms with Gasteiger partial charge >= 0.3 is 0 Å². The standard InChI is InChI=1S/C13H9N3S/c1-2-4-10(5-3-1)12-14-9-15-13(16-12)11-6-7-17-8-11/h1-9H. The molecule has 3 aromatic rings. The van der Waals surface area contributed by atoms with Crippen molar-refractivity contribution in [2.24, 2.45) is 0 Å². The average Bonchev–Trinajstić information content (AvgIpc) is 2.94. The van der Waals surface area contributed by atoms with Crippen LogP contribution in [0.1, 0.15) is 0 Å². The molecular weight excluding hydrogens is 230 g/mol. The molecule has 0 saturated heterocycles. The van der Waals surface area contributed by atoms with Crippen LogP contribution in [0.15, 0.2) is 53.5 Å². The molecule has 0 unspecified atom stereocenters. The number of thiophene rings is 1. The molecule has 0 aliphatic carbocycles. The number of benzene rings is 1. The van der Waals surface area contributed by atoms with Crippen molar-refractivity contribution in [3.8, 4) is 22.8 Å². The summed E-state index contributed by atoms with van der Waals surface area (Å²) < 4.78 is 0. The van der Waals surface area contributed by atoms with Gasteiger partial charge in [-0.3, -0.25) is 0 Å². The summed E-state index contributed by atoms with van der Waals surface area (Å²) in [5.74, 6) is 1.43. The molecule has 17 heavy (non-hydrogen) atoms. The molecule has 2 heterocycles. The Kier molecular flexibility index (Phi) is 2.63. The third kappa shape index (κ3) is 2.07. The lowest BCUT2D eigenvalue weighted by Crippen LogP contribution is -1.93. The molecule has 2 aromatic heterocycles. The summed E-state index contributed by atoms with van der Waals surface area (Å²) in [6, 6.07) is 11.9. The Morgan fingerprint density at radius 1 is 0.824 bits per heavy atom. The summed E-state index contributed by atoms with van der Waals surface area (Å²) in [5, 5.41) is 4.05. The van der Waals surface area contributed by atoms with E-state index in [2.05, 4.69) is 15.0 Å². The van der Waals surface area contributed by atoms with Crippen LogP contribution in [0.2, 0.25) is 0 Å². The van der Waals surface area contributed by atoms with E-state index in [0.29, 0.717) is 5.82 Å². The highest BCUT2D eigenvalue weighted by Gasteiger charge is 2.05. The molecule has 0 aliphatic rings. The first-order valence-electron chi connectivity index (χ1n) is 5.20. The van der Waals surface area contributed by atoms with Crippen LogP contribution in [-0.2, 0) is 0 Å². The number of hydrogen-bond donors (Lipinski definition) is 0. The monoisotopic (exact) mass is 239 g/mol. The fraction of sp³-hybridized carbons (Fsp3) is 0.